The van der Waals surface area contributed by atoms with Crippen molar-refractivity contribution in [3.63, 3.8) is 0 Å². The largest absolute Gasteiger partial charge is 0.395 e. The van der Waals surface area contributed by atoms with Gasteiger partial charge in [0.05, 0.1) is 17.1 Å². The fourth-order valence-corrected chi connectivity index (χ4v) is 1.60. The minimum Gasteiger partial charge on any atom is -0.395 e. The van der Waals surface area contributed by atoms with Gasteiger partial charge in [0, 0.05) is 26.2 Å². The van der Waals surface area contributed by atoms with E-state index in [1.54, 1.807) is 11.6 Å². The average Bonchev–Trinajstić information content (AvgIpc) is 2.87. The number of nitrogen functional groups attached to an aromatic ring is 1. The molecule has 0 saturated heterocycles. The van der Waals surface area contributed by atoms with Crippen molar-refractivity contribution in [3.8, 4) is 0 Å². The lowest BCUT2D eigenvalue weighted by Gasteiger charge is -2.02. The van der Waals surface area contributed by atoms with Gasteiger partial charge >= 0.3 is 0 Å². The van der Waals surface area contributed by atoms with Crippen LogP contribution in [0.5, 0.6) is 0 Å². The van der Waals surface area contributed by atoms with Crippen LogP contribution in [0.1, 0.15) is 21.9 Å². The molecule has 0 bridgehead atoms. The van der Waals surface area contributed by atoms with Crippen molar-refractivity contribution in [1.82, 2.24) is 25.3 Å². The molecule has 0 unspecified atom stereocenters. The van der Waals surface area contributed by atoms with Gasteiger partial charge in [-0.15, -0.1) is 0 Å². The number of aromatic amines is 1. The quantitative estimate of drug-likeness (QED) is 0.709. The molecule has 0 saturated carbocycles. The van der Waals surface area contributed by atoms with Gasteiger partial charge in [-0.2, -0.15) is 10.2 Å². The van der Waals surface area contributed by atoms with E-state index in [4.69, 9.17) is 5.73 Å². The molecule has 2 aromatic rings. The summed E-state index contributed by atoms with van der Waals surface area (Å²) in [6.45, 7) is 2.27. The second kappa shape index (κ2) is 4.91. The van der Waals surface area contributed by atoms with Crippen LogP contribution < -0.4 is 11.1 Å². The summed E-state index contributed by atoms with van der Waals surface area (Å²) in [6.07, 6.45) is 2.54. The summed E-state index contributed by atoms with van der Waals surface area (Å²) in [6, 6.07) is 1.92. The lowest BCUT2D eigenvalue weighted by Crippen LogP contribution is -2.26. The Kier molecular flexibility index (Phi) is 3.31. The summed E-state index contributed by atoms with van der Waals surface area (Å²) in [5, 5.41) is 13.5. The van der Waals surface area contributed by atoms with Crippen LogP contribution in [0.25, 0.3) is 0 Å². The first-order chi connectivity index (χ1) is 8.58. The Labute approximate surface area is 104 Å². The van der Waals surface area contributed by atoms with Crippen LogP contribution >= 0.6 is 0 Å². The number of carbonyl (C=O) groups excluding carboxylic acids is 1. The molecule has 0 aliphatic carbocycles. The van der Waals surface area contributed by atoms with Gasteiger partial charge in [0.1, 0.15) is 0 Å². The molecule has 0 spiro atoms. The Morgan fingerprint density at radius 2 is 2.39 bits per heavy atom. The summed E-state index contributed by atoms with van der Waals surface area (Å²) >= 11 is 0. The maximum absolute atomic E-state index is 11.8. The highest BCUT2D eigenvalue weighted by Gasteiger charge is 2.14. The summed E-state index contributed by atoms with van der Waals surface area (Å²) in [5.41, 5.74) is 7.99. The Hall–Kier alpha value is -2.31. The number of nitrogens with two attached hydrogens (primary N) is 1. The van der Waals surface area contributed by atoms with Crippen molar-refractivity contribution in [2.24, 2.45) is 7.05 Å². The molecule has 2 rings (SSSR count). The monoisotopic (exact) mass is 248 g/mol. The molecule has 96 valence electrons. The van der Waals surface area contributed by atoms with E-state index in [-0.39, 0.29) is 11.6 Å². The molecule has 0 aromatic carbocycles. The van der Waals surface area contributed by atoms with Crippen LogP contribution in [-0.4, -0.2) is 32.4 Å². The molecule has 2 heterocycles. The molecule has 0 atom stereocenters. The number of aromatic nitrogens is 4. The van der Waals surface area contributed by atoms with Gasteiger partial charge in [-0.1, -0.05) is 0 Å². The van der Waals surface area contributed by atoms with Gasteiger partial charge in [0.25, 0.3) is 5.91 Å². The zero-order valence-electron chi connectivity index (χ0n) is 10.4. The van der Waals surface area contributed by atoms with Gasteiger partial charge in [-0.25, -0.2) is 0 Å². The number of nitrogens with zero attached hydrogens (tertiary/aromatic N) is 3. The van der Waals surface area contributed by atoms with Crippen molar-refractivity contribution >= 4 is 11.6 Å². The summed E-state index contributed by atoms with van der Waals surface area (Å²) in [5.74, 6) is -0.271. The first kappa shape index (κ1) is 12.2. The van der Waals surface area contributed by atoms with Crippen LogP contribution in [0.4, 0.5) is 5.69 Å². The van der Waals surface area contributed by atoms with Crippen LogP contribution in [-0.2, 0) is 13.5 Å². The van der Waals surface area contributed by atoms with Crippen LogP contribution in [0.2, 0.25) is 0 Å². The van der Waals surface area contributed by atoms with Gasteiger partial charge in [0.15, 0.2) is 5.69 Å². The Morgan fingerprint density at radius 3 is 2.94 bits per heavy atom. The number of H-pyrrole nitrogens is 1. The number of carbonyl (C=O) groups is 1. The molecular weight excluding hydrogens is 232 g/mol. The lowest BCUT2D eigenvalue weighted by atomic mass is 10.2. The zero-order chi connectivity index (χ0) is 13.1. The third-order valence-corrected chi connectivity index (χ3v) is 2.65. The third kappa shape index (κ3) is 2.50. The number of hydrogen-bond donors (Lipinski definition) is 3. The minimum atomic E-state index is -0.271. The minimum absolute atomic E-state index is 0.244. The molecule has 0 aliphatic rings. The Bertz CT molecular complexity index is 556. The van der Waals surface area contributed by atoms with E-state index in [9.17, 15) is 4.79 Å². The van der Waals surface area contributed by atoms with E-state index in [1.807, 2.05) is 19.3 Å². The normalized spacial score (nSPS) is 10.6. The highest BCUT2D eigenvalue weighted by Crippen LogP contribution is 2.11. The predicted molar refractivity (Wildman–Crippen MR) is 67.0 cm³/mol. The van der Waals surface area contributed by atoms with Crippen molar-refractivity contribution in [2.45, 2.75) is 13.3 Å². The van der Waals surface area contributed by atoms with Gasteiger partial charge in [-0.05, 0) is 13.0 Å². The Morgan fingerprint density at radius 1 is 1.61 bits per heavy atom. The summed E-state index contributed by atoms with van der Waals surface area (Å²) < 4.78 is 1.73. The summed E-state index contributed by atoms with van der Waals surface area (Å²) in [7, 11) is 1.86. The molecule has 1 amide bonds. The van der Waals surface area contributed by atoms with Gasteiger partial charge < -0.3 is 11.1 Å². The summed E-state index contributed by atoms with van der Waals surface area (Å²) in [4.78, 5) is 11.8. The molecule has 7 heteroatoms. The molecule has 0 fully saturated rings. The molecular formula is C11H16N6O. The Balaban J connectivity index is 1.87. The van der Waals surface area contributed by atoms with E-state index in [1.165, 1.54) is 0 Å². The molecule has 18 heavy (non-hydrogen) atoms. The average molecular weight is 248 g/mol. The first-order valence-corrected chi connectivity index (χ1v) is 5.65. The van der Waals surface area contributed by atoms with Crippen LogP contribution in [0.15, 0.2) is 12.3 Å². The number of amides is 1. The number of hydrogen-bond acceptors (Lipinski definition) is 4. The second-order valence-electron chi connectivity index (χ2n) is 4.10. The van der Waals surface area contributed by atoms with E-state index < -0.39 is 0 Å². The maximum Gasteiger partial charge on any atom is 0.273 e. The predicted octanol–water partition coefficient (Wildman–Crippen LogP) is 0.00632. The molecule has 7 nitrogen and oxygen atoms in total. The fraction of sp³-hybridized carbons (Fsp3) is 0.364. The number of rotatable bonds is 4. The lowest BCUT2D eigenvalue weighted by molar-refractivity contribution is 0.0950. The molecule has 0 aliphatic heterocycles. The van der Waals surface area contributed by atoms with Crippen LogP contribution in [0.3, 0.4) is 0 Å². The highest BCUT2D eigenvalue weighted by atomic mass is 16.1. The first-order valence-electron chi connectivity index (χ1n) is 5.65. The second-order valence-corrected chi connectivity index (χ2v) is 4.10. The van der Waals surface area contributed by atoms with Crippen LogP contribution in [0, 0.1) is 6.92 Å². The fourth-order valence-electron chi connectivity index (χ4n) is 1.60. The number of nitrogens with one attached hydrogen (secondary N) is 2. The zero-order valence-corrected chi connectivity index (χ0v) is 10.4. The SMILES string of the molecule is Cc1[nH]nc(C(=O)NCCc2ccn(C)n2)c1N. The smallest absolute Gasteiger partial charge is 0.273 e. The molecule has 4 N–H and O–H groups in total. The van der Waals surface area contributed by atoms with Gasteiger partial charge in [0.2, 0.25) is 0 Å². The van der Waals surface area contributed by atoms with E-state index in [0.717, 1.165) is 5.69 Å². The molecule has 0 radical (unpaired) electrons. The van der Waals surface area contributed by atoms with Crippen molar-refractivity contribution in [1.29, 1.82) is 0 Å². The topological polar surface area (TPSA) is 102 Å². The van der Waals surface area contributed by atoms with E-state index in [2.05, 4.69) is 20.6 Å². The highest BCUT2D eigenvalue weighted by molar-refractivity contribution is 5.97. The standard InChI is InChI=1S/C11H16N6O/c1-7-9(12)10(15-14-7)11(18)13-5-3-8-4-6-17(2)16-8/h4,6H,3,5,12H2,1-2H3,(H,13,18)(H,14,15). The maximum atomic E-state index is 11.8. The number of aryl methyl sites for hydroxylation is 2. The van der Waals surface area contributed by atoms with E-state index >= 15 is 0 Å². The van der Waals surface area contributed by atoms with E-state index in [0.29, 0.717) is 24.3 Å². The molecule has 2 aromatic heterocycles. The van der Waals surface area contributed by atoms with Crippen molar-refractivity contribution in [2.75, 3.05) is 12.3 Å². The van der Waals surface area contributed by atoms with Crippen molar-refractivity contribution < 1.29 is 4.79 Å². The third-order valence-electron chi connectivity index (χ3n) is 2.65. The van der Waals surface area contributed by atoms with Gasteiger partial charge in [-0.3, -0.25) is 14.6 Å². The number of anilines is 1. The van der Waals surface area contributed by atoms with Crippen molar-refractivity contribution in [3.05, 3.63) is 29.3 Å².